The smallest absolute Gasteiger partial charge is 0.172 e. The molecular formula is C17H19FN4O2. The van der Waals surface area contributed by atoms with Crippen molar-refractivity contribution in [2.24, 2.45) is 0 Å². The van der Waals surface area contributed by atoms with Gasteiger partial charge in [-0.3, -0.25) is 0 Å². The summed E-state index contributed by atoms with van der Waals surface area (Å²) in [4.78, 5) is 2.16. The van der Waals surface area contributed by atoms with Crippen LogP contribution in [0.5, 0.6) is 5.75 Å². The molecule has 0 radical (unpaired) electrons. The van der Waals surface area contributed by atoms with Crippen LogP contribution in [-0.2, 0) is 0 Å². The van der Waals surface area contributed by atoms with Crippen LogP contribution in [0.1, 0.15) is 13.3 Å². The predicted molar refractivity (Wildman–Crippen MR) is 88.8 cm³/mol. The number of nitrogens with zero attached hydrogens (tertiary/aromatic N) is 3. The number of rotatable bonds is 2. The Morgan fingerprint density at radius 3 is 3.04 bits per heavy atom. The summed E-state index contributed by atoms with van der Waals surface area (Å²) in [6.45, 7) is 3.37. The Morgan fingerprint density at radius 2 is 2.25 bits per heavy atom. The maximum Gasteiger partial charge on any atom is 0.172 e. The molecule has 0 aliphatic carbocycles. The van der Waals surface area contributed by atoms with Gasteiger partial charge >= 0.3 is 0 Å². The van der Waals surface area contributed by atoms with Gasteiger partial charge in [0, 0.05) is 18.7 Å². The highest BCUT2D eigenvalue weighted by molar-refractivity contribution is 5.77. The van der Waals surface area contributed by atoms with Crippen LogP contribution in [-0.4, -0.2) is 47.1 Å². The lowest BCUT2D eigenvalue weighted by molar-refractivity contribution is 0.187. The molecule has 1 aromatic carbocycles. The highest BCUT2D eigenvalue weighted by atomic mass is 19.1. The highest BCUT2D eigenvalue weighted by Gasteiger charge is 2.45. The Bertz CT molecular complexity index is 800. The van der Waals surface area contributed by atoms with Crippen LogP contribution in [0.15, 0.2) is 24.3 Å². The molecule has 4 rings (SSSR count). The minimum atomic E-state index is -0.436. The number of fused-ring (bicyclic) bond motifs is 3. The fraction of sp³-hybridized carbons (Fsp3) is 0.412. The van der Waals surface area contributed by atoms with Gasteiger partial charge in [0.15, 0.2) is 17.4 Å². The van der Waals surface area contributed by atoms with Crippen molar-refractivity contribution in [2.75, 3.05) is 30.4 Å². The summed E-state index contributed by atoms with van der Waals surface area (Å²) >= 11 is 0. The minimum absolute atomic E-state index is 0.153. The zero-order valence-corrected chi connectivity index (χ0v) is 13.6. The number of methoxy groups -OCH3 is 1. The molecule has 1 saturated heterocycles. The molecule has 2 aromatic rings. The van der Waals surface area contributed by atoms with Gasteiger partial charge in [-0.05, 0) is 31.5 Å². The SMILES string of the molecule is COc1c(F)cccc1-c1cc2c(nn1)NC[C@@]1(C)C[C@@H](O)CN21. The number of benzene rings is 1. The van der Waals surface area contributed by atoms with Crippen molar-refractivity contribution in [1.29, 1.82) is 0 Å². The second kappa shape index (κ2) is 5.31. The summed E-state index contributed by atoms with van der Waals surface area (Å²) < 4.78 is 19.2. The fourth-order valence-corrected chi connectivity index (χ4v) is 3.71. The third kappa shape index (κ3) is 2.19. The molecular weight excluding hydrogens is 311 g/mol. The number of ether oxygens (including phenoxy) is 1. The van der Waals surface area contributed by atoms with Crippen LogP contribution in [0.3, 0.4) is 0 Å². The quantitative estimate of drug-likeness (QED) is 0.878. The molecule has 0 unspecified atom stereocenters. The lowest BCUT2D eigenvalue weighted by atomic mass is 9.95. The van der Waals surface area contributed by atoms with Crippen LogP contribution in [0, 0.1) is 5.82 Å². The van der Waals surface area contributed by atoms with E-state index in [1.165, 1.54) is 13.2 Å². The maximum atomic E-state index is 14.0. The molecule has 2 aliphatic heterocycles. The molecule has 2 N–H and O–H groups in total. The van der Waals surface area contributed by atoms with E-state index in [-0.39, 0.29) is 17.4 Å². The van der Waals surface area contributed by atoms with Crippen LogP contribution >= 0.6 is 0 Å². The van der Waals surface area contributed by atoms with E-state index in [0.717, 1.165) is 5.69 Å². The Balaban J connectivity index is 1.82. The van der Waals surface area contributed by atoms with Crippen molar-refractivity contribution in [3.63, 3.8) is 0 Å². The average molecular weight is 330 g/mol. The second-order valence-electron chi connectivity index (χ2n) is 6.60. The summed E-state index contributed by atoms with van der Waals surface area (Å²) in [5.41, 5.74) is 1.80. The topological polar surface area (TPSA) is 70.5 Å². The summed E-state index contributed by atoms with van der Waals surface area (Å²) in [6.07, 6.45) is 0.323. The molecule has 24 heavy (non-hydrogen) atoms. The van der Waals surface area contributed by atoms with Crippen molar-refractivity contribution in [2.45, 2.75) is 25.0 Å². The fourth-order valence-electron chi connectivity index (χ4n) is 3.71. The first-order valence-electron chi connectivity index (χ1n) is 7.92. The summed E-state index contributed by atoms with van der Waals surface area (Å²) in [5.74, 6) is 0.398. The van der Waals surface area contributed by atoms with E-state index < -0.39 is 5.82 Å². The minimum Gasteiger partial charge on any atom is -0.493 e. The van der Waals surface area contributed by atoms with Gasteiger partial charge in [-0.15, -0.1) is 10.2 Å². The van der Waals surface area contributed by atoms with Gasteiger partial charge in [-0.2, -0.15) is 0 Å². The molecule has 1 aromatic heterocycles. The number of hydrogen-bond acceptors (Lipinski definition) is 6. The van der Waals surface area contributed by atoms with Crippen molar-refractivity contribution >= 4 is 11.5 Å². The van der Waals surface area contributed by atoms with Gasteiger partial charge in [0.1, 0.15) is 0 Å². The van der Waals surface area contributed by atoms with Crippen molar-refractivity contribution in [1.82, 2.24) is 10.2 Å². The van der Waals surface area contributed by atoms with Crippen molar-refractivity contribution in [3.8, 4) is 17.0 Å². The molecule has 1 fully saturated rings. The molecule has 2 atom stereocenters. The molecule has 0 amide bonds. The van der Waals surface area contributed by atoms with Gasteiger partial charge < -0.3 is 20.1 Å². The third-order valence-corrected chi connectivity index (χ3v) is 4.87. The largest absolute Gasteiger partial charge is 0.493 e. The van der Waals surface area contributed by atoms with Crippen LogP contribution < -0.4 is 15.0 Å². The zero-order chi connectivity index (χ0) is 16.9. The first kappa shape index (κ1) is 15.1. The number of β-amino-alcohol motifs (C(OH)–C–C–N with tert-alkyl or cyclic N) is 1. The number of para-hydroxylation sites is 1. The van der Waals surface area contributed by atoms with Gasteiger partial charge in [-0.1, -0.05) is 6.07 Å². The Hall–Kier alpha value is -2.41. The maximum absolute atomic E-state index is 14.0. The molecule has 0 spiro atoms. The van der Waals surface area contributed by atoms with Crippen molar-refractivity contribution in [3.05, 3.63) is 30.1 Å². The van der Waals surface area contributed by atoms with E-state index in [9.17, 15) is 9.50 Å². The van der Waals surface area contributed by atoms with Gasteiger partial charge in [-0.25, -0.2) is 4.39 Å². The van der Waals surface area contributed by atoms with E-state index in [2.05, 4.69) is 27.3 Å². The molecule has 126 valence electrons. The predicted octanol–water partition coefficient (Wildman–Crippen LogP) is 2.05. The number of anilines is 2. The number of nitrogens with one attached hydrogen (secondary N) is 1. The molecule has 2 aliphatic rings. The first-order chi connectivity index (χ1) is 11.5. The third-order valence-electron chi connectivity index (χ3n) is 4.87. The molecule has 0 saturated carbocycles. The number of aliphatic hydroxyl groups is 1. The molecule has 0 bridgehead atoms. The highest BCUT2D eigenvalue weighted by Crippen LogP contribution is 2.43. The Morgan fingerprint density at radius 1 is 1.42 bits per heavy atom. The normalized spacial score (nSPS) is 25.0. The number of aromatic nitrogens is 2. The van der Waals surface area contributed by atoms with E-state index in [1.807, 2.05) is 6.07 Å². The number of aliphatic hydroxyl groups excluding tert-OH is 1. The first-order valence-corrected chi connectivity index (χ1v) is 7.92. The van der Waals surface area contributed by atoms with Gasteiger partial charge in [0.25, 0.3) is 0 Å². The van der Waals surface area contributed by atoms with E-state index in [1.54, 1.807) is 12.1 Å². The average Bonchev–Trinajstić information content (AvgIpc) is 2.89. The molecule has 7 heteroatoms. The lowest BCUT2D eigenvalue weighted by Crippen LogP contribution is -2.50. The monoisotopic (exact) mass is 330 g/mol. The van der Waals surface area contributed by atoms with Gasteiger partial charge in [0.2, 0.25) is 0 Å². The summed E-state index contributed by atoms with van der Waals surface area (Å²) in [5, 5.41) is 21.8. The van der Waals surface area contributed by atoms with Gasteiger partial charge in [0.05, 0.1) is 30.1 Å². The van der Waals surface area contributed by atoms with Crippen LogP contribution in [0.4, 0.5) is 15.9 Å². The van der Waals surface area contributed by atoms with E-state index in [0.29, 0.717) is 36.6 Å². The van der Waals surface area contributed by atoms with E-state index >= 15 is 0 Å². The van der Waals surface area contributed by atoms with E-state index in [4.69, 9.17) is 4.74 Å². The van der Waals surface area contributed by atoms with Crippen molar-refractivity contribution < 1.29 is 14.2 Å². The Kier molecular flexibility index (Phi) is 3.35. The second-order valence-corrected chi connectivity index (χ2v) is 6.60. The number of halogens is 1. The van der Waals surface area contributed by atoms with Crippen LogP contribution in [0.2, 0.25) is 0 Å². The van der Waals surface area contributed by atoms with Crippen LogP contribution in [0.25, 0.3) is 11.3 Å². The lowest BCUT2D eigenvalue weighted by Gasteiger charge is -2.41. The summed E-state index contributed by atoms with van der Waals surface area (Å²) in [7, 11) is 1.43. The summed E-state index contributed by atoms with van der Waals surface area (Å²) in [6, 6.07) is 6.61. The molecule has 3 heterocycles. The zero-order valence-electron chi connectivity index (χ0n) is 13.6. The Labute approximate surface area is 139 Å². The number of hydrogen-bond donors (Lipinski definition) is 2. The standard InChI is InChI=1S/C17H19FN4O2/c1-17-7-10(23)8-22(17)14-6-13(20-21-16(14)19-9-17)11-4-3-5-12(18)15(11)24-2/h3-6,10,23H,7-9H2,1-2H3,(H,19,21)/t10-,17-/m1/s1. The molecule has 6 nitrogen and oxygen atoms in total.